The summed E-state index contributed by atoms with van der Waals surface area (Å²) in [6.07, 6.45) is 0. The van der Waals surface area contributed by atoms with Gasteiger partial charge < -0.3 is 0 Å². The van der Waals surface area contributed by atoms with Crippen LogP contribution in [0.15, 0.2) is 76.4 Å². The van der Waals surface area contributed by atoms with Gasteiger partial charge in [0.1, 0.15) is 5.82 Å². The molecule has 176 valence electrons. The third-order valence-electron chi connectivity index (χ3n) is 6.06. The highest BCUT2D eigenvalue weighted by Crippen LogP contribution is 2.23. The number of hydrogen-bond donors (Lipinski definition) is 0. The monoisotopic (exact) mass is 475 g/mol. The van der Waals surface area contributed by atoms with Gasteiger partial charge in [-0.1, -0.05) is 55.8 Å². The van der Waals surface area contributed by atoms with Gasteiger partial charge in [0.25, 0.3) is 5.56 Å². The van der Waals surface area contributed by atoms with Gasteiger partial charge in [0.15, 0.2) is 0 Å². The summed E-state index contributed by atoms with van der Waals surface area (Å²) >= 11 is 0. The second-order valence-corrected chi connectivity index (χ2v) is 11.0. The van der Waals surface area contributed by atoms with E-state index in [0.717, 1.165) is 16.7 Å². The Bertz CT molecular complexity index is 1520. The number of aryl methyl sites for hydroxylation is 2. The average molecular weight is 476 g/mol. The van der Waals surface area contributed by atoms with Crippen molar-refractivity contribution in [1.82, 2.24) is 13.9 Å². The Kier molecular flexibility index (Phi) is 6.43. The molecule has 0 unspecified atom stereocenters. The molecule has 7 heteroatoms. The summed E-state index contributed by atoms with van der Waals surface area (Å²) in [4.78, 5) is 18.5. The van der Waals surface area contributed by atoms with Crippen molar-refractivity contribution in [3.05, 3.63) is 99.6 Å². The molecule has 0 saturated heterocycles. The summed E-state index contributed by atoms with van der Waals surface area (Å²) in [7, 11) is -2.27. The maximum Gasteiger partial charge on any atom is 0.266 e. The Balaban J connectivity index is 1.83. The molecule has 4 aromatic rings. The minimum atomic E-state index is -3.78. The van der Waals surface area contributed by atoms with Crippen LogP contribution in [0.2, 0.25) is 0 Å². The van der Waals surface area contributed by atoms with E-state index < -0.39 is 10.0 Å². The molecule has 0 fully saturated rings. The van der Waals surface area contributed by atoms with Crippen molar-refractivity contribution in [3.63, 3.8) is 0 Å². The summed E-state index contributed by atoms with van der Waals surface area (Å²) in [5.74, 6) is 0.670. The second kappa shape index (κ2) is 9.16. The standard InChI is InChI=1S/C27H29N3O3S/c1-18(2)21-11-13-22(14-12-21)34(32,33)29(5)17-26-28-24-9-7-6-8-23(24)27(31)30(26)25-15-10-19(3)16-20(25)4/h6-16,18H,17H2,1-5H3. The minimum Gasteiger partial charge on any atom is -0.268 e. The van der Waals surface area contributed by atoms with Crippen molar-refractivity contribution in [3.8, 4) is 5.69 Å². The molecule has 0 aliphatic carbocycles. The lowest BCUT2D eigenvalue weighted by Gasteiger charge is -2.21. The molecule has 1 heterocycles. The van der Waals surface area contributed by atoms with Crippen LogP contribution in [0.25, 0.3) is 16.6 Å². The van der Waals surface area contributed by atoms with Gasteiger partial charge in [-0.15, -0.1) is 0 Å². The van der Waals surface area contributed by atoms with Crippen LogP contribution < -0.4 is 5.56 Å². The predicted octanol–water partition coefficient (Wildman–Crippen LogP) is 4.95. The first-order valence-electron chi connectivity index (χ1n) is 11.2. The number of sulfonamides is 1. The molecule has 3 aromatic carbocycles. The number of fused-ring (bicyclic) bond motifs is 1. The molecule has 0 atom stereocenters. The Labute approximate surface area is 200 Å². The van der Waals surface area contributed by atoms with E-state index in [1.54, 1.807) is 30.3 Å². The van der Waals surface area contributed by atoms with Gasteiger partial charge in [0.05, 0.1) is 28.0 Å². The van der Waals surface area contributed by atoms with Crippen LogP contribution in [0.4, 0.5) is 0 Å². The molecule has 0 radical (unpaired) electrons. The first-order valence-corrected chi connectivity index (χ1v) is 12.7. The molecule has 0 aliphatic rings. The summed E-state index contributed by atoms with van der Waals surface area (Å²) < 4.78 is 29.4. The number of rotatable bonds is 6. The van der Waals surface area contributed by atoms with E-state index in [1.165, 1.54) is 15.9 Å². The quantitative estimate of drug-likeness (QED) is 0.396. The van der Waals surface area contributed by atoms with E-state index in [2.05, 4.69) is 13.8 Å². The molecular weight excluding hydrogens is 446 g/mol. The molecule has 1 aromatic heterocycles. The maximum absolute atomic E-state index is 13.5. The predicted molar refractivity (Wildman–Crippen MR) is 136 cm³/mol. The molecular formula is C27H29N3O3S. The molecule has 6 nitrogen and oxygen atoms in total. The lowest BCUT2D eigenvalue weighted by atomic mass is 10.0. The molecule has 0 bridgehead atoms. The Morgan fingerprint density at radius 2 is 1.65 bits per heavy atom. The van der Waals surface area contributed by atoms with Crippen molar-refractivity contribution in [1.29, 1.82) is 0 Å². The highest BCUT2D eigenvalue weighted by Gasteiger charge is 2.24. The molecule has 0 aliphatic heterocycles. The molecule has 0 N–H and O–H groups in total. The third kappa shape index (κ3) is 4.41. The van der Waals surface area contributed by atoms with Crippen molar-refractivity contribution < 1.29 is 8.42 Å². The zero-order valence-corrected chi connectivity index (χ0v) is 20.9. The first kappa shape index (κ1) is 23.9. The van der Waals surface area contributed by atoms with Gasteiger partial charge in [0.2, 0.25) is 10.0 Å². The van der Waals surface area contributed by atoms with Crippen LogP contribution in [-0.2, 0) is 16.6 Å². The second-order valence-electron chi connectivity index (χ2n) is 8.96. The van der Waals surface area contributed by atoms with Crippen molar-refractivity contribution in [2.75, 3.05) is 7.05 Å². The highest BCUT2D eigenvalue weighted by molar-refractivity contribution is 7.89. The fourth-order valence-electron chi connectivity index (χ4n) is 4.08. The van der Waals surface area contributed by atoms with Gasteiger partial charge in [0, 0.05) is 7.05 Å². The Hall–Kier alpha value is -3.29. The van der Waals surface area contributed by atoms with Crippen LogP contribution in [0.3, 0.4) is 0 Å². The average Bonchev–Trinajstić information content (AvgIpc) is 2.80. The molecule has 0 spiro atoms. The molecule has 4 rings (SSSR count). The molecule has 34 heavy (non-hydrogen) atoms. The van der Waals surface area contributed by atoms with E-state index >= 15 is 0 Å². The van der Waals surface area contributed by atoms with Crippen LogP contribution in [0.5, 0.6) is 0 Å². The Morgan fingerprint density at radius 1 is 0.971 bits per heavy atom. The fraction of sp³-hybridized carbons (Fsp3) is 0.259. The number of benzene rings is 3. The molecule has 0 amide bonds. The normalized spacial score (nSPS) is 12.1. The minimum absolute atomic E-state index is 0.0539. The summed E-state index contributed by atoms with van der Waals surface area (Å²) in [6, 6.07) is 19.9. The van der Waals surface area contributed by atoms with Gasteiger partial charge in [-0.25, -0.2) is 13.4 Å². The number of hydrogen-bond acceptors (Lipinski definition) is 4. The SMILES string of the molecule is Cc1ccc(-n2c(CN(C)S(=O)(=O)c3ccc(C(C)C)cc3)nc3ccccc3c2=O)c(C)c1. The Morgan fingerprint density at radius 3 is 2.29 bits per heavy atom. The van der Waals surface area contributed by atoms with Crippen LogP contribution >= 0.6 is 0 Å². The fourth-order valence-corrected chi connectivity index (χ4v) is 5.20. The number of para-hydroxylation sites is 1. The lowest BCUT2D eigenvalue weighted by molar-refractivity contribution is 0.452. The summed E-state index contributed by atoms with van der Waals surface area (Å²) in [5.41, 5.74) is 4.07. The third-order valence-corrected chi connectivity index (χ3v) is 7.88. The molecule has 0 saturated carbocycles. The van der Waals surface area contributed by atoms with E-state index in [1.807, 2.05) is 50.2 Å². The van der Waals surface area contributed by atoms with Crippen LogP contribution in [0, 0.1) is 13.8 Å². The van der Waals surface area contributed by atoms with Crippen molar-refractivity contribution in [2.24, 2.45) is 0 Å². The van der Waals surface area contributed by atoms with Crippen molar-refractivity contribution in [2.45, 2.75) is 45.1 Å². The summed E-state index contributed by atoms with van der Waals surface area (Å²) in [6.45, 7) is 8.00. The highest BCUT2D eigenvalue weighted by atomic mass is 32.2. The largest absolute Gasteiger partial charge is 0.268 e. The van der Waals surface area contributed by atoms with E-state index in [4.69, 9.17) is 4.98 Å². The van der Waals surface area contributed by atoms with E-state index in [0.29, 0.717) is 28.3 Å². The zero-order chi connectivity index (χ0) is 24.6. The van der Waals surface area contributed by atoms with E-state index in [9.17, 15) is 13.2 Å². The van der Waals surface area contributed by atoms with Gasteiger partial charge in [-0.2, -0.15) is 4.31 Å². The first-order chi connectivity index (χ1) is 16.1. The maximum atomic E-state index is 13.5. The van der Waals surface area contributed by atoms with Crippen LogP contribution in [0.1, 0.15) is 42.3 Å². The van der Waals surface area contributed by atoms with E-state index in [-0.39, 0.29) is 17.0 Å². The number of aromatic nitrogens is 2. The van der Waals surface area contributed by atoms with Crippen molar-refractivity contribution >= 4 is 20.9 Å². The van der Waals surface area contributed by atoms with Gasteiger partial charge in [-0.3, -0.25) is 9.36 Å². The lowest BCUT2D eigenvalue weighted by Crippen LogP contribution is -2.32. The summed E-state index contributed by atoms with van der Waals surface area (Å²) in [5, 5.41) is 0.487. The van der Waals surface area contributed by atoms with Gasteiger partial charge >= 0.3 is 0 Å². The van der Waals surface area contributed by atoms with Gasteiger partial charge in [-0.05, 0) is 61.2 Å². The zero-order valence-electron chi connectivity index (χ0n) is 20.1. The smallest absolute Gasteiger partial charge is 0.266 e. The topological polar surface area (TPSA) is 72.3 Å². The number of nitrogens with zero attached hydrogens (tertiary/aromatic N) is 3. The van der Waals surface area contributed by atoms with Crippen LogP contribution in [-0.4, -0.2) is 29.3 Å².